The van der Waals surface area contributed by atoms with Crippen molar-refractivity contribution in [2.75, 3.05) is 6.61 Å². The number of carboxylic acid groups (broad SMARTS) is 1. The smallest absolute Gasteiger partial charge is 0.451 e. The summed E-state index contributed by atoms with van der Waals surface area (Å²) in [5.74, 6) is 0.627. The standard InChI is InChI=1S/C27H37BN2O5/c29-27(26(31)32,13-1-2-14-28(33)34)23-15-24(16-23)30-17-19-5-7-21(8-6-19)22-9-11-25(12-10-22)35-18-20-3-4-20/h5-12,20,23-24,30,33-34H,1-4,13-18,29H2,(H,31,32)/t23?,24?,27-/m1/s1. The molecule has 4 rings (SSSR count). The van der Waals surface area contributed by atoms with E-state index in [4.69, 9.17) is 20.5 Å². The largest absolute Gasteiger partial charge is 0.493 e. The maximum atomic E-state index is 11.8. The quantitative estimate of drug-likeness (QED) is 0.207. The summed E-state index contributed by atoms with van der Waals surface area (Å²) in [6.07, 6.45) is 5.75. The molecule has 2 aliphatic carbocycles. The van der Waals surface area contributed by atoms with Gasteiger partial charge >= 0.3 is 13.1 Å². The summed E-state index contributed by atoms with van der Waals surface area (Å²) >= 11 is 0. The first-order chi connectivity index (χ1) is 16.8. The molecule has 2 saturated carbocycles. The van der Waals surface area contributed by atoms with Crippen LogP contribution < -0.4 is 15.8 Å². The minimum absolute atomic E-state index is 0.0739. The Hall–Kier alpha value is -2.39. The number of unbranched alkanes of at least 4 members (excludes halogenated alkanes) is 1. The highest BCUT2D eigenvalue weighted by atomic mass is 16.5. The van der Waals surface area contributed by atoms with Gasteiger partial charge in [0.2, 0.25) is 0 Å². The molecule has 2 aromatic rings. The van der Waals surface area contributed by atoms with Gasteiger partial charge in [0.25, 0.3) is 0 Å². The molecule has 0 aliphatic heterocycles. The summed E-state index contributed by atoms with van der Waals surface area (Å²) in [7, 11) is -1.35. The van der Waals surface area contributed by atoms with Crippen LogP contribution in [-0.4, -0.2) is 46.4 Å². The molecule has 0 amide bonds. The maximum Gasteiger partial charge on any atom is 0.451 e. The minimum atomic E-state index is -1.35. The van der Waals surface area contributed by atoms with Crippen LogP contribution in [0.4, 0.5) is 0 Å². The van der Waals surface area contributed by atoms with Crippen LogP contribution in [0.5, 0.6) is 5.75 Å². The average Bonchev–Trinajstić information content (AvgIpc) is 3.65. The second-order valence-electron chi connectivity index (χ2n) is 10.3. The molecular weight excluding hydrogens is 443 g/mol. The van der Waals surface area contributed by atoms with Crippen LogP contribution in [0.2, 0.25) is 6.32 Å². The molecule has 0 aromatic heterocycles. The summed E-state index contributed by atoms with van der Waals surface area (Å²) in [6.45, 7) is 1.55. The summed E-state index contributed by atoms with van der Waals surface area (Å²) in [5, 5.41) is 31.1. The lowest BCUT2D eigenvalue weighted by Crippen LogP contribution is -2.61. The zero-order chi connectivity index (χ0) is 24.8. The average molecular weight is 480 g/mol. The molecular formula is C27H37BN2O5. The molecule has 7 nitrogen and oxygen atoms in total. The summed E-state index contributed by atoms with van der Waals surface area (Å²) < 4.78 is 5.82. The Labute approximate surface area is 207 Å². The predicted octanol–water partition coefficient (Wildman–Crippen LogP) is 3.44. The molecule has 6 N–H and O–H groups in total. The Kier molecular flexibility index (Phi) is 8.49. The normalized spacial score (nSPS) is 21.1. The number of nitrogens with one attached hydrogen (secondary N) is 1. The molecule has 0 bridgehead atoms. The lowest BCUT2D eigenvalue weighted by atomic mass is 9.66. The Morgan fingerprint density at radius 1 is 1.03 bits per heavy atom. The van der Waals surface area contributed by atoms with Gasteiger partial charge in [-0.05, 0) is 79.1 Å². The van der Waals surface area contributed by atoms with Crippen LogP contribution in [0.25, 0.3) is 11.1 Å². The third-order valence-corrected chi connectivity index (χ3v) is 7.49. The van der Waals surface area contributed by atoms with Gasteiger partial charge in [-0.1, -0.05) is 49.2 Å². The van der Waals surface area contributed by atoms with E-state index in [2.05, 4.69) is 41.7 Å². The van der Waals surface area contributed by atoms with Crippen LogP contribution in [-0.2, 0) is 11.3 Å². The molecule has 2 aliphatic rings. The van der Waals surface area contributed by atoms with Crippen LogP contribution in [0, 0.1) is 11.8 Å². The van der Waals surface area contributed by atoms with E-state index in [1.807, 2.05) is 12.1 Å². The fraction of sp³-hybridized carbons (Fsp3) is 0.519. The van der Waals surface area contributed by atoms with Gasteiger partial charge in [-0.2, -0.15) is 0 Å². The zero-order valence-electron chi connectivity index (χ0n) is 20.2. The first-order valence-electron chi connectivity index (χ1n) is 12.8. The Morgan fingerprint density at radius 3 is 2.23 bits per heavy atom. The van der Waals surface area contributed by atoms with Crippen molar-refractivity contribution in [1.29, 1.82) is 0 Å². The number of hydrogen-bond donors (Lipinski definition) is 5. The van der Waals surface area contributed by atoms with Crippen molar-refractivity contribution in [3.05, 3.63) is 54.1 Å². The van der Waals surface area contributed by atoms with E-state index in [-0.39, 0.29) is 18.3 Å². The second-order valence-corrected chi connectivity index (χ2v) is 10.3. The monoisotopic (exact) mass is 480 g/mol. The Bertz CT molecular complexity index is 959. The van der Waals surface area contributed by atoms with Crippen molar-refractivity contribution in [1.82, 2.24) is 5.32 Å². The van der Waals surface area contributed by atoms with Gasteiger partial charge in [0.15, 0.2) is 0 Å². The molecule has 0 saturated heterocycles. The Morgan fingerprint density at radius 2 is 1.66 bits per heavy atom. The number of aliphatic carboxylic acids is 1. The van der Waals surface area contributed by atoms with Crippen LogP contribution in [0.15, 0.2) is 48.5 Å². The number of benzene rings is 2. The predicted molar refractivity (Wildman–Crippen MR) is 137 cm³/mol. The zero-order valence-corrected chi connectivity index (χ0v) is 20.2. The molecule has 8 heteroatoms. The number of hydrogen-bond acceptors (Lipinski definition) is 6. The van der Waals surface area contributed by atoms with E-state index < -0.39 is 18.6 Å². The van der Waals surface area contributed by atoms with E-state index in [1.165, 1.54) is 18.4 Å². The van der Waals surface area contributed by atoms with Crippen molar-refractivity contribution >= 4 is 13.1 Å². The molecule has 0 radical (unpaired) electrons. The topological polar surface area (TPSA) is 125 Å². The van der Waals surface area contributed by atoms with Crippen molar-refractivity contribution in [3.8, 4) is 16.9 Å². The number of ether oxygens (including phenoxy) is 1. The maximum absolute atomic E-state index is 11.8. The van der Waals surface area contributed by atoms with Crippen LogP contribution in [0.3, 0.4) is 0 Å². The highest BCUT2D eigenvalue weighted by Gasteiger charge is 2.48. The third kappa shape index (κ3) is 7.07. The molecule has 2 fully saturated rings. The number of rotatable bonds is 14. The summed E-state index contributed by atoms with van der Waals surface area (Å²) in [4.78, 5) is 11.8. The summed E-state index contributed by atoms with van der Waals surface area (Å²) in [5.41, 5.74) is 8.54. The highest BCUT2D eigenvalue weighted by molar-refractivity contribution is 6.40. The third-order valence-electron chi connectivity index (χ3n) is 7.49. The summed E-state index contributed by atoms with van der Waals surface area (Å²) in [6, 6.07) is 17.0. The van der Waals surface area contributed by atoms with Gasteiger partial charge in [-0.25, -0.2) is 0 Å². The van der Waals surface area contributed by atoms with E-state index in [0.29, 0.717) is 19.3 Å². The van der Waals surface area contributed by atoms with Crippen LogP contribution in [0.1, 0.15) is 50.5 Å². The molecule has 1 atom stereocenters. The van der Waals surface area contributed by atoms with E-state index in [1.54, 1.807) is 0 Å². The lowest BCUT2D eigenvalue weighted by Gasteiger charge is -2.45. The SMILES string of the molecule is N[C@@](CCCCB(O)O)(C(=O)O)C1CC(NCc2ccc(-c3ccc(OCC4CC4)cc3)cc2)C1. The van der Waals surface area contributed by atoms with Gasteiger partial charge in [-0.15, -0.1) is 0 Å². The molecule has 35 heavy (non-hydrogen) atoms. The number of carboxylic acids is 1. The molecule has 0 spiro atoms. The van der Waals surface area contributed by atoms with E-state index in [0.717, 1.165) is 48.8 Å². The van der Waals surface area contributed by atoms with Crippen molar-refractivity contribution < 1.29 is 24.7 Å². The molecule has 188 valence electrons. The highest BCUT2D eigenvalue weighted by Crippen LogP contribution is 2.38. The van der Waals surface area contributed by atoms with Crippen molar-refractivity contribution in [2.45, 2.75) is 69.4 Å². The van der Waals surface area contributed by atoms with Gasteiger partial charge in [0.1, 0.15) is 11.3 Å². The number of carbonyl (C=O) groups is 1. The van der Waals surface area contributed by atoms with Gasteiger partial charge in [0.05, 0.1) is 6.61 Å². The minimum Gasteiger partial charge on any atom is -0.493 e. The van der Waals surface area contributed by atoms with Crippen molar-refractivity contribution in [2.24, 2.45) is 17.6 Å². The van der Waals surface area contributed by atoms with Gasteiger partial charge in [0, 0.05) is 12.6 Å². The molecule has 2 aromatic carbocycles. The Balaban J connectivity index is 1.20. The van der Waals surface area contributed by atoms with E-state index >= 15 is 0 Å². The lowest BCUT2D eigenvalue weighted by molar-refractivity contribution is -0.148. The number of nitrogens with two attached hydrogens (primary N) is 1. The molecule has 0 heterocycles. The van der Waals surface area contributed by atoms with Crippen molar-refractivity contribution in [3.63, 3.8) is 0 Å². The fourth-order valence-electron chi connectivity index (χ4n) is 4.75. The van der Waals surface area contributed by atoms with Gasteiger partial charge < -0.3 is 30.9 Å². The first kappa shape index (κ1) is 25.7. The molecule has 0 unspecified atom stereocenters. The first-order valence-corrected chi connectivity index (χ1v) is 12.8. The van der Waals surface area contributed by atoms with Crippen LogP contribution >= 0.6 is 0 Å². The second kappa shape index (κ2) is 11.6. The van der Waals surface area contributed by atoms with E-state index in [9.17, 15) is 9.90 Å². The van der Waals surface area contributed by atoms with Gasteiger partial charge in [-0.3, -0.25) is 4.79 Å². The fourth-order valence-corrected chi connectivity index (χ4v) is 4.75.